The number of ether oxygens (including phenoxy) is 1. The van der Waals surface area contributed by atoms with Crippen molar-refractivity contribution in [1.82, 2.24) is 0 Å². The van der Waals surface area contributed by atoms with E-state index in [1.165, 1.54) is 0 Å². The largest absolute Gasteiger partial charge is 0.481 e. The minimum absolute atomic E-state index is 0.150. The van der Waals surface area contributed by atoms with Gasteiger partial charge in [0.1, 0.15) is 6.61 Å². The van der Waals surface area contributed by atoms with Gasteiger partial charge in [-0.15, -0.1) is 0 Å². The summed E-state index contributed by atoms with van der Waals surface area (Å²) < 4.78 is 40.3. The van der Waals surface area contributed by atoms with E-state index in [1.54, 1.807) is 0 Å². The molecule has 1 saturated carbocycles. The smallest absolute Gasteiger partial charge is 0.411 e. The Hall–Kier alpha value is -0.780. The molecule has 0 saturated heterocycles. The zero-order valence-electron chi connectivity index (χ0n) is 11.1. The third kappa shape index (κ3) is 5.01. The Labute approximate surface area is 111 Å². The fourth-order valence-electron chi connectivity index (χ4n) is 2.66. The lowest BCUT2D eigenvalue weighted by Crippen LogP contribution is -2.36. The molecule has 0 amide bonds. The van der Waals surface area contributed by atoms with E-state index in [1.807, 2.05) is 0 Å². The molecular weight excluding hydrogens is 261 g/mol. The Morgan fingerprint density at radius 1 is 1.37 bits per heavy atom. The van der Waals surface area contributed by atoms with Gasteiger partial charge in [-0.2, -0.15) is 13.2 Å². The van der Waals surface area contributed by atoms with Crippen LogP contribution in [0.25, 0.3) is 0 Å². The summed E-state index contributed by atoms with van der Waals surface area (Å²) in [5.41, 5.74) is -0.892. The molecule has 0 aromatic heterocycles. The summed E-state index contributed by atoms with van der Waals surface area (Å²) in [6.07, 6.45) is -0.415. The molecule has 6 heteroatoms. The first-order valence-corrected chi connectivity index (χ1v) is 6.67. The molecule has 0 aliphatic heterocycles. The number of aliphatic carboxylic acids is 1. The van der Waals surface area contributed by atoms with E-state index in [2.05, 4.69) is 11.7 Å². The summed E-state index contributed by atoms with van der Waals surface area (Å²) in [6, 6.07) is 0. The highest BCUT2D eigenvalue weighted by atomic mass is 19.4. The number of carboxylic acids is 1. The summed E-state index contributed by atoms with van der Waals surface area (Å²) in [6.45, 7) is 0.619. The first-order valence-electron chi connectivity index (χ1n) is 6.67. The van der Waals surface area contributed by atoms with E-state index in [0.29, 0.717) is 18.8 Å². The van der Waals surface area contributed by atoms with Crippen molar-refractivity contribution >= 4 is 5.97 Å². The molecule has 0 bridgehead atoms. The molecule has 112 valence electrons. The fourth-order valence-corrected chi connectivity index (χ4v) is 2.66. The summed E-state index contributed by atoms with van der Waals surface area (Å²) >= 11 is 0. The first kappa shape index (κ1) is 16.3. The lowest BCUT2D eigenvalue weighted by Gasteiger charge is -2.36. The molecule has 0 radical (unpaired) electrons. The third-order valence-corrected chi connectivity index (χ3v) is 4.08. The zero-order valence-corrected chi connectivity index (χ0v) is 11.1. The van der Waals surface area contributed by atoms with Gasteiger partial charge < -0.3 is 9.84 Å². The second-order valence-electron chi connectivity index (χ2n) is 5.35. The lowest BCUT2D eigenvalue weighted by molar-refractivity contribution is -0.177. The molecule has 1 fully saturated rings. The number of halogens is 3. The van der Waals surface area contributed by atoms with E-state index in [9.17, 15) is 23.1 Å². The molecular formula is C13H21F3O3. The summed E-state index contributed by atoms with van der Waals surface area (Å²) in [4.78, 5) is 11.4. The Morgan fingerprint density at radius 3 is 2.37 bits per heavy atom. The van der Waals surface area contributed by atoms with Gasteiger partial charge in [0.15, 0.2) is 0 Å². The lowest BCUT2D eigenvalue weighted by atomic mass is 9.68. The van der Waals surface area contributed by atoms with E-state index in [4.69, 9.17) is 0 Å². The van der Waals surface area contributed by atoms with Crippen molar-refractivity contribution in [3.05, 3.63) is 0 Å². The number of rotatable bonds is 6. The SMILES string of the molecule is CCC1CCC(CCOCC(F)(F)F)(C(=O)O)CC1. The van der Waals surface area contributed by atoms with E-state index >= 15 is 0 Å². The third-order valence-electron chi connectivity index (χ3n) is 4.08. The quantitative estimate of drug-likeness (QED) is 0.757. The van der Waals surface area contributed by atoms with Crippen LogP contribution in [0.3, 0.4) is 0 Å². The second-order valence-corrected chi connectivity index (χ2v) is 5.35. The number of hydrogen-bond donors (Lipinski definition) is 1. The maximum atomic E-state index is 11.9. The van der Waals surface area contributed by atoms with Crippen molar-refractivity contribution < 1.29 is 27.8 Å². The average molecular weight is 282 g/mol. The molecule has 1 aliphatic carbocycles. The Bertz CT molecular complexity index is 294. The molecule has 0 aromatic carbocycles. The van der Waals surface area contributed by atoms with E-state index in [0.717, 1.165) is 19.3 Å². The Kier molecular flexibility index (Phi) is 5.64. The molecule has 19 heavy (non-hydrogen) atoms. The van der Waals surface area contributed by atoms with E-state index in [-0.39, 0.29) is 13.0 Å². The van der Waals surface area contributed by atoms with Crippen LogP contribution in [0.4, 0.5) is 13.2 Å². The van der Waals surface area contributed by atoms with Crippen molar-refractivity contribution in [2.24, 2.45) is 11.3 Å². The van der Waals surface area contributed by atoms with Crippen LogP contribution in [-0.2, 0) is 9.53 Å². The zero-order chi connectivity index (χ0) is 14.5. The number of carbonyl (C=O) groups is 1. The van der Waals surface area contributed by atoms with Gasteiger partial charge in [0.05, 0.1) is 5.41 Å². The molecule has 0 atom stereocenters. The molecule has 0 spiro atoms. The molecule has 0 aromatic rings. The minimum atomic E-state index is -4.35. The van der Waals surface area contributed by atoms with Crippen LogP contribution in [0.1, 0.15) is 45.4 Å². The van der Waals surface area contributed by atoms with Crippen molar-refractivity contribution in [3.8, 4) is 0 Å². The van der Waals surface area contributed by atoms with Crippen LogP contribution in [0, 0.1) is 11.3 Å². The van der Waals surface area contributed by atoms with Gasteiger partial charge in [-0.3, -0.25) is 4.79 Å². The average Bonchev–Trinajstić information content (AvgIpc) is 2.34. The van der Waals surface area contributed by atoms with Crippen LogP contribution >= 0.6 is 0 Å². The van der Waals surface area contributed by atoms with E-state index < -0.39 is 24.2 Å². The summed E-state index contributed by atoms with van der Waals surface area (Å²) in [5, 5.41) is 9.33. The predicted octanol–water partition coefficient (Wildman–Crippen LogP) is 3.63. The van der Waals surface area contributed by atoms with Crippen LogP contribution < -0.4 is 0 Å². The van der Waals surface area contributed by atoms with Crippen LogP contribution in [0.15, 0.2) is 0 Å². The highest BCUT2D eigenvalue weighted by Gasteiger charge is 2.41. The maximum Gasteiger partial charge on any atom is 0.411 e. The van der Waals surface area contributed by atoms with Gasteiger partial charge in [-0.25, -0.2) is 0 Å². The highest BCUT2D eigenvalue weighted by molar-refractivity contribution is 5.74. The number of alkyl halides is 3. The highest BCUT2D eigenvalue weighted by Crippen LogP contribution is 2.42. The molecule has 3 nitrogen and oxygen atoms in total. The predicted molar refractivity (Wildman–Crippen MR) is 63.8 cm³/mol. The topological polar surface area (TPSA) is 46.5 Å². The summed E-state index contributed by atoms with van der Waals surface area (Å²) in [7, 11) is 0. The number of hydrogen-bond acceptors (Lipinski definition) is 2. The monoisotopic (exact) mass is 282 g/mol. The second kappa shape index (κ2) is 6.59. The molecule has 0 heterocycles. The standard InChI is InChI=1S/C13H21F3O3/c1-2-10-3-5-12(6-4-10,11(17)18)7-8-19-9-13(14,15)16/h10H,2-9H2,1H3,(H,17,18). The molecule has 1 N–H and O–H groups in total. The van der Waals surface area contributed by atoms with Crippen LogP contribution in [-0.4, -0.2) is 30.5 Å². The van der Waals surface area contributed by atoms with Crippen molar-refractivity contribution in [2.75, 3.05) is 13.2 Å². The van der Waals surface area contributed by atoms with Gasteiger partial charge in [-0.1, -0.05) is 13.3 Å². The van der Waals surface area contributed by atoms with Gasteiger partial charge in [-0.05, 0) is 38.0 Å². The Balaban J connectivity index is 2.43. The van der Waals surface area contributed by atoms with Gasteiger partial charge in [0, 0.05) is 6.61 Å². The minimum Gasteiger partial charge on any atom is -0.481 e. The van der Waals surface area contributed by atoms with Crippen LogP contribution in [0.5, 0.6) is 0 Å². The Morgan fingerprint density at radius 2 is 1.95 bits per heavy atom. The number of carboxylic acid groups (broad SMARTS) is 1. The first-order chi connectivity index (χ1) is 8.79. The van der Waals surface area contributed by atoms with Gasteiger partial charge >= 0.3 is 12.1 Å². The molecule has 1 rings (SSSR count). The molecule has 1 aliphatic rings. The molecule has 0 unspecified atom stereocenters. The normalized spacial score (nSPS) is 28.3. The fraction of sp³-hybridized carbons (Fsp3) is 0.923. The van der Waals surface area contributed by atoms with Gasteiger partial charge in [0.2, 0.25) is 0 Å². The summed E-state index contributed by atoms with van der Waals surface area (Å²) in [5.74, 6) is -0.360. The van der Waals surface area contributed by atoms with Gasteiger partial charge in [0.25, 0.3) is 0 Å². The maximum absolute atomic E-state index is 11.9. The van der Waals surface area contributed by atoms with Crippen molar-refractivity contribution in [2.45, 2.75) is 51.6 Å². The van der Waals surface area contributed by atoms with Crippen LogP contribution in [0.2, 0.25) is 0 Å². The van der Waals surface area contributed by atoms with Crippen molar-refractivity contribution in [3.63, 3.8) is 0 Å². The van der Waals surface area contributed by atoms with Crippen molar-refractivity contribution in [1.29, 1.82) is 0 Å².